The first-order chi connectivity index (χ1) is 8.43. The summed E-state index contributed by atoms with van der Waals surface area (Å²) in [4.78, 5) is 10.8. The lowest BCUT2D eigenvalue weighted by Gasteiger charge is -2.11. The van der Waals surface area contributed by atoms with Gasteiger partial charge in [0.1, 0.15) is 0 Å². The fourth-order valence-electron chi connectivity index (χ4n) is 1.72. The predicted octanol–water partition coefficient (Wildman–Crippen LogP) is 3.35. The second kappa shape index (κ2) is 6.19. The van der Waals surface area contributed by atoms with Crippen molar-refractivity contribution in [1.82, 2.24) is 0 Å². The first kappa shape index (κ1) is 14.2. The number of halogens is 1. The van der Waals surface area contributed by atoms with Gasteiger partial charge in [0.05, 0.1) is 7.11 Å². The van der Waals surface area contributed by atoms with Crippen LogP contribution in [0.1, 0.15) is 25.8 Å². The molecule has 1 aromatic rings. The third kappa shape index (κ3) is 3.87. The van der Waals surface area contributed by atoms with Gasteiger partial charge >= 0.3 is 5.97 Å². The Bertz CT molecular complexity index is 464. The van der Waals surface area contributed by atoms with Crippen LogP contribution in [0.3, 0.4) is 0 Å². The van der Waals surface area contributed by atoms with E-state index in [1.54, 1.807) is 6.07 Å². The van der Waals surface area contributed by atoms with Crippen molar-refractivity contribution in [2.45, 2.75) is 20.3 Å². The summed E-state index contributed by atoms with van der Waals surface area (Å²) in [5.41, 5.74) is 1.18. The van der Waals surface area contributed by atoms with Gasteiger partial charge in [0.15, 0.2) is 11.6 Å². The molecular weight excluding hydrogens is 235 g/mol. The van der Waals surface area contributed by atoms with Gasteiger partial charge in [-0.3, -0.25) is 0 Å². The van der Waals surface area contributed by atoms with E-state index >= 15 is 0 Å². The summed E-state index contributed by atoms with van der Waals surface area (Å²) in [6, 6.07) is 4.47. The van der Waals surface area contributed by atoms with Gasteiger partial charge in [-0.25, -0.2) is 9.18 Å². The molecule has 0 aliphatic carbocycles. The Morgan fingerprint density at radius 2 is 2.17 bits per heavy atom. The van der Waals surface area contributed by atoms with Crippen molar-refractivity contribution in [2.75, 3.05) is 7.11 Å². The van der Waals surface area contributed by atoms with Crippen molar-refractivity contribution in [3.63, 3.8) is 0 Å². The first-order valence-electron chi connectivity index (χ1n) is 5.71. The van der Waals surface area contributed by atoms with Gasteiger partial charge < -0.3 is 9.84 Å². The number of ether oxygens (including phenoxy) is 1. The van der Waals surface area contributed by atoms with Crippen molar-refractivity contribution in [3.8, 4) is 5.75 Å². The quantitative estimate of drug-likeness (QED) is 0.817. The molecule has 1 aromatic carbocycles. The van der Waals surface area contributed by atoms with Crippen LogP contribution in [0.15, 0.2) is 24.3 Å². The van der Waals surface area contributed by atoms with Crippen LogP contribution >= 0.6 is 0 Å². The molecule has 0 heterocycles. The predicted molar refractivity (Wildman–Crippen MR) is 68.0 cm³/mol. The normalized spacial score (nSPS) is 11.7. The Morgan fingerprint density at radius 1 is 1.50 bits per heavy atom. The van der Waals surface area contributed by atoms with Crippen LogP contribution in [0, 0.1) is 11.7 Å². The average Bonchev–Trinajstić information content (AvgIpc) is 2.26. The second-order valence-electron chi connectivity index (χ2n) is 4.46. The van der Waals surface area contributed by atoms with E-state index in [4.69, 9.17) is 9.84 Å². The molecule has 0 spiro atoms. The summed E-state index contributed by atoms with van der Waals surface area (Å²) in [6.07, 6.45) is 1.71. The first-order valence-corrected chi connectivity index (χ1v) is 5.71. The molecule has 0 aliphatic rings. The fourth-order valence-corrected chi connectivity index (χ4v) is 1.72. The number of allylic oxidation sites excluding steroid dienone is 1. The van der Waals surface area contributed by atoms with E-state index in [-0.39, 0.29) is 5.75 Å². The summed E-state index contributed by atoms with van der Waals surface area (Å²) < 4.78 is 18.4. The van der Waals surface area contributed by atoms with Gasteiger partial charge in [0, 0.05) is 6.08 Å². The smallest absolute Gasteiger partial charge is 0.328 e. The van der Waals surface area contributed by atoms with E-state index in [1.165, 1.54) is 19.2 Å². The van der Waals surface area contributed by atoms with Crippen LogP contribution in [0.25, 0.3) is 5.57 Å². The van der Waals surface area contributed by atoms with E-state index in [9.17, 15) is 9.18 Å². The van der Waals surface area contributed by atoms with Gasteiger partial charge in [-0.2, -0.15) is 0 Å². The molecule has 0 radical (unpaired) electrons. The monoisotopic (exact) mass is 252 g/mol. The Kier molecular flexibility index (Phi) is 4.89. The van der Waals surface area contributed by atoms with Crippen LogP contribution in [-0.2, 0) is 4.79 Å². The van der Waals surface area contributed by atoms with Gasteiger partial charge in [0.2, 0.25) is 0 Å². The molecule has 0 fully saturated rings. The van der Waals surface area contributed by atoms with E-state index in [1.807, 2.05) is 13.8 Å². The highest BCUT2D eigenvalue weighted by Crippen LogP contribution is 2.26. The number of carbonyl (C=O) groups is 1. The van der Waals surface area contributed by atoms with Crippen LogP contribution < -0.4 is 4.74 Å². The summed E-state index contributed by atoms with van der Waals surface area (Å²) in [5.74, 6) is -1.07. The molecule has 0 atom stereocenters. The molecule has 98 valence electrons. The van der Waals surface area contributed by atoms with E-state index in [0.717, 1.165) is 6.08 Å². The van der Waals surface area contributed by atoms with Crippen molar-refractivity contribution in [3.05, 3.63) is 35.7 Å². The van der Waals surface area contributed by atoms with Gasteiger partial charge in [0.25, 0.3) is 0 Å². The molecule has 0 aromatic heterocycles. The number of hydrogen-bond acceptors (Lipinski definition) is 2. The zero-order valence-electron chi connectivity index (χ0n) is 10.7. The Balaban J connectivity index is 3.13. The van der Waals surface area contributed by atoms with Crippen molar-refractivity contribution in [1.29, 1.82) is 0 Å². The third-order valence-electron chi connectivity index (χ3n) is 2.45. The maximum atomic E-state index is 13.6. The van der Waals surface area contributed by atoms with Gasteiger partial charge in [-0.15, -0.1) is 0 Å². The number of aliphatic carboxylic acids is 1. The van der Waals surface area contributed by atoms with Gasteiger partial charge in [-0.05, 0) is 35.6 Å². The number of benzene rings is 1. The summed E-state index contributed by atoms with van der Waals surface area (Å²) >= 11 is 0. The van der Waals surface area contributed by atoms with Crippen molar-refractivity contribution < 1.29 is 19.0 Å². The number of carboxylic acids is 1. The highest BCUT2D eigenvalue weighted by Gasteiger charge is 2.10. The zero-order chi connectivity index (χ0) is 13.7. The lowest BCUT2D eigenvalue weighted by molar-refractivity contribution is -0.131. The maximum Gasteiger partial charge on any atom is 0.328 e. The second-order valence-corrected chi connectivity index (χ2v) is 4.46. The zero-order valence-corrected chi connectivity index (χ0v) is 10.7. The number of methoxy groups -OCH3 is 1. The minimum atomic E-state index is -1.03. The molecule has 18 heavy (non-hydrogen) atoms. The molecule has 0 amide bonds. The van der Waals surface area contributed by atoms with Crippen LogP contribution in [-0.4, -0.2) is 18.2 Å². The Labute approximate surface area is 106 Å². The van der Waals surface area contributed by atoms with Crippen LogP contribution in [0.5, 0.6) is 5.75 Å². The van der Waals surface area contributed by atoms with E-state index in [2.05, 4.69) is 0 Å². The summed E-state index contributed by atoms with van der Waals surface area (Å²) in [5, 5.41) is 8.83. The molecule has 3 nitrogen and oxygen atoms in total. The average molecular weight is 252 g/mol. The molecule has 4 heteroatoms. The van der Waals surface area contributed by atoms with E-state index in [0.29, 0.717) is 23.5 Å². The minimum absolute atomic E-state index is 0.151. The topological polar surface area (TPSA) is 46.5 Å². The Hall–Kier alpha value is -1.84. The molecule has 0 aliphatic heterocycles. The van der Waals surface area contributed by atoms with Crippen LogP contribution in [0.2, 0.25) is 0 Å². The highest BCUT2D eigenvalue weighted by atomic mass is 19.1. The fraction of sp³-hybridized carbons (Fsp3) is 0.357. The molecule has 0 saturated heterocycles. The van der Waals surface area contributed by atoms with Crippen molar-refractivity contribution >= 4 is 11.5 Å². The number of hydrogen-bond donors (Lipinski definition) is 1. The SMILES string of the molecule is COc1ccc(/C(=C/C(=O)O)CC(C)C)cc1F. The standard InChI is InChI=1S/C14H17FO3/c1-9(2)6-11(8-14(16)17)10-4-5-13(18-3)12(15)7-10/h4-5,7-9H,6H2,1-3H3,(H,16,17)/b11-8+. The molecular formula is C14H17FO3. The number of rotatable bonds is 5. The van der Waals surface area contributed by atoms with E-state index < -0.39 is 11.8 Å². The van der Waals surface area contributed by atoms with Gasteiger partial charge in [-0.1, -0.05) is 19.9 Å². The minimum Gasteiger partial charge on any atom is -0.494 e. The van der Waals surface area contributed by atoms with Crippen molar-refractivity contribution in [2.24, 2.45) is 5.92 Å². The molecule has 0 bridgehead atoms. The third-order valence-corrected chi connectivity index (χ3v) is 2.45. The number of carboxylic acid groups (broad SMARTS) is 1. The molecule has 1 N–H and O–H groups in total. The lowest BCUT2D eigenvalue weighted by atomic mass is 9.96. The highest BCUT2D eigenvalue weighted by molar-refractivity contribution is 5.90. The lowest BCUT2D eigenvalue weighted by Crippen LogP contribution is -1.98. The Morgan fingerprint density at radius 3 is 2.61 bits per heavy atom. The summed E-state index contributed by atoms with van der Waals surface area (Å²) in [7, 11) is 1.39. The molecule has 0 unspecified atom stereocenters. The summed E-state index contributed by atoms with van der Waals surface area (Å²) in [6.45, 7) is 3.96. The maximum absolute atomic E-state index is 13.6. The van der Waals surface area contributed by atoms with Crippen LogP contribution in [0.4, 0.5) is 4.39 Å². The molecule has 1 rings (SSSR count). The largest absolute Gasteiger partial charge is 0.494 e. The molecule has 0 saturated carbocycles.